The lowest BCUT2D eigenvalue weighted by Crippen LogP contribution is -2.41. The number of para-hydroxylation sites is 2. The SMILES string of the molecule is CC[C@H](Oc1ccccc1C)C(=O)Nc1ccccc1C(=O)N1CCOCC1. The van der Waals surface area contributed by atoms with Crippen molar-refractivity contribution in [2.24, 2.45) is 0 Å². The van der Waals surface area contributed by atoms with Crippen LogP contribution in [0, 0.1) is 6.92 Å². The lowest BCUT2D eigenvalue weighted by molar-refractivity contribution is -0.122. The molecule has 6 heteroatoms. The number of rotatable bonds is 6. The third kappa shape index (κ3) is 4.70. The Morgan fingerprint density at radius 2 is 1.79 bits per heavy atom. The molecule has 2 aromatic rings. The Morgan fingerprint density at radius 3 is 2.50 bits per heavy atom. The molecule has 3 rings (SSSR count). The second kappa shape index (κ2) is 9.37. The number of carbonyl (C=O) groups excluding carboxylic acids is 2. The van der Waals surface area contributed by atoms with Gasteiger partial charge in [-0.15, -0.1) is 0 Å². The van der Waals surface area contributed by atoms with Crippen molar-refractivity contribution in [3.8, 4) is 5.75 Å². The molecule has 0 aliphatic carbocycles. The van der Waals surface area contributed by atoms with Crippen molar-refractivity contribution in [3.05, 3.63) is 59.7 Å². The zero-order valence-corrected chi connectivity index (χ0v) is 16.3. The fraction of sp³-hybridized carbons (Fsp3) is 0.364. The molecular weight excluding hydrogens is 356 g/mol. The molecule has 2 aromatic carbocycles. The van der Waals surface area contributed by atoms with Crippen molar-refractivity contribution in [2.45, 2.75) is 26.4 Å². The first-order valence-electron chi connectivity index (χ1n) is 9.59. The lowest BCUT2D eigenvalue weighted by atomic mass is 10.1. The fourth-order valence-corrected chi connectivity index (χ4v) is 3.09. The molecular formula is C22H26N2O4. The van der Waals surface area contributed by atoms with Crippen LogP contribution in [0.1, 0.15) is 29.3 Å². The van der Waals surface area contributed by atoms with E-state index in [1.54, 1.807) is 29.2 Å². The molecule has 1 fully saturated rings. The smallest absolute Gasteiger partial charge is 0.265 e. The summed E-state index contributed by atoms with van der Waals surface area (Å²) in [4.78, 5) is 27.4. The number of benzene rings is 2. The number of anilines is 1. The largest absolute Gasteiger partial charge is 0.480 e. The molecule has 2 amide bonds. The minimum atomic E-state index is -0.646. The normalized spacial score (nSPS) is 15.0. The third-order valence-corrected chi connectivity index (χ3v) is 4.74. The number of hydrogen-bond donors (Lipinski definition) is 1. The highest BCUT2D eigenvalue weighted by atomic mass is 16.5. The molecule has 0 bridgehead atoms. The summed E-state index contributed by atoms with van der Waals surface area (Å²) >= 11 is 0. The van der Waals surface area contributed by atoms with E-state index in [0.717, 1.165) is 5.56 Å². The van der Waals surface area contributed by atoms with Crippen LogP contribution >= 0.6 is 0 Å². The van der Waals surface area contributed by atoms with Crippen LogP contribution in [0.3, 0.4) is 0 Å². The molecule has 1 aliphatic heterocycles. The van der Waals surface area contributed by atoms with Gasteiger partial charge in [-0.25, -0.2) is 0 Å². The van der Waals surface area contributed by atoms with Crippen LogP contribution in [0.15, 0.2) is 48.5 Å². The first kappa shape index (κ1) is 19.9. The van der Waals surface area contributed by atoms with Crippen LogP contribution < -0.4 is 10.1 Å². The molecule has 0 radical (unpaired) electrons. The summed E-state index contributed by atoms with van der Waals surface area (Å²) in [6.45, 7) is 6.00. The first-order chi connectivity index (χ1) is 13.6. The second-order valence-electron chi connectivity index (χ2n) is 6.72. The molecule has 0 spiro atoms. The molecule has 1 heterocycles. The zero-order chi connectivity index (χ0) is 19.9. The average molecular weight is 382 g/mol. The van der Waals surface area contributed by atoms with Crippen molar-refractivity contribution in [1.29, 1.82) is 0 Å². The van der Waals surface area contributed by atoms with Crippen LogP contribution in [-0.2, 0) is 9.53 Å². The maximum Gasteiger partial charge on any atom is 0.265 e. The maximum absolute atomic E-state index is 12.9. The Hall–Kier alpha value is -2.86. The Labute approximate surface area is 165 Å². The zero-order valence-electron chi connectivity index (χ0n) is 16.3. The third-order valence-electron chi connectivity index (χ3n) is 4.74. The van der Waals surface area contributed by atoms with Crippen molar-refractivity contribution in [3.63, 3.8) is 0 Å². The Balaban J connectivity index is 1.74. The predicted molar refractivity (Wildman–Crippen MR) is 108 cm³/mol. The van der Waals surface area contributed by atoms with Crippen molar-refractivity contribution in [1.82, 2.24) is 4.90 Å². The van der Waals surface area contributed by atoms with Gasteiger partial charge in [-0.2, -0.15) is 0 Å². The van der Waals surface area contributed by atoms with E-state index in [-0.39, 0.29) is 11.8 Å². The van der Waals surface area contributed by atoms with E-state index < -0.39 is 6.10 Å². The topological polar surface area (TPSA) is 67.9 Å². The molecule has 0 saturated carbocycles. The molecule has 1 aliphatic rings. The molecule has 148 valence electrons. The van der Waals surface area contributed by atoms with Gasteiger partial charge in [-0.3, -0.25) is 9.59 Å². The molecule has 0 unspecified atom stereocenters. The van der Waals surface area contributed by atoms with Gasteiger partial charge in [0.15, 0.2) is 6.10 Å². The molecule has 0 aromatic heterocycles. The lowest BCUT2D eigenvalue weighted by Gasteiger charge is -2.27. The van der Waals surface area contributed by atoms with Gasteiger partial charge in [-0.1, -0.05) is 37.3 Å². The van der Waals surface area contributed by atoms with Gasteiger partial charge in [0.2, 0.25) is 0 Å². The minimum absolute atomic E-state index is 0.105. The van der Waals surface area contributed by atoms with Crippen LogP contribution in [0.25, 0.3) is 0 Å². The summed E-state index contributed by atoms with van der Waals surface area (Å²) in [6, 6.07) is 14.7. The first-order valence-corrected chi connectivity index (χ1v) is 9.59. The summed E-state index contributed by atoms with van der Waals surface area (Å²) in [5, 5.41) is 2.88. The predicted octanol–water partition coefficient (Wildman–Crippen LogP) is 3.26. The highest BCUT2D eigenvalue weighted by Gasteiger charge is 2.24. The van der Waals surface area contributed by atoms with Crippen LogP contribution in [0.5, 0.6) is 5.75 Å². The minimum Gasteiger partial charge on any atom is -0.480 e. The number of aryl methyl sites for hydroxylation is 1. The van der Waals surface area contributed by atoms with E-state index in [0.29, 0.717) is 49.7 Å². The summed E-state index contributed by atoms with van der Waals surface area (Å²) in [7, 11) is 0. The molecule has 28 heavy (non-hydrogen) atoms. The van der Waals surface area contributed by atoms with Gasteiger partial charge in [0, 0.05) is 13.1 Å². The van der Waals surface area contributed by atoms with Crippen LogP contribution in [0.4, 0.5) is 5.69 Å². The van der Waals surface area contributed by atoms with E-state index >= 15 is 0 Å². The number of ether oxygens (including phenoxy) is 2. The molecule has 6 nitrogen and oxygen atoms in total. The van der Waals surface area contributed by atoms with E-state index in [1.807, 2.05) is 38.1 Å². The summed E-state index contributed by atoms with van der Waals surface area (Å²) in [6.07, 6.45) is -0.132. The highest BCUT2D eigenvalue weighted by molar-refractivity contribution is 6.04. The van der Waals surface area contributed by atoms with Crippen molar-refractivity contribution < 1.29 is 19.1 Å². The number of hydrogen-bond acceptors (Lipinski definition) is 4. The standard InChI is InChI=1S/C22H26N2O4/c1-3-19(28-20-11-7-4-8-16(20)2)21(25)23-18-10-6-5-9-17(18)22(26)24-12-14-27-15-13-24/h4-11,19H,3,12-15H2,1-2H3,(H,23,25)/t19-/m0/s1. The van der Waals surface area contributed by atoms with Gasteiger partial charge < -0.3 is 19.7 Å². The van der Waals surface area contributed by atoms with Crippen molar-refractivity contribution in [2.75, 3.05) is 31.6 Å². The monoisotopic (exact) mass is 382 g/mol. The Bertz CT molecular complexity index is 831. The van der Waals surface area contributed by atoms with E-state index in [2.05, 4.69) is 5.32 Å². The molecule has 1 atom stereocenters. The number of carbonyl (C=O) groups is 2. The maximum atomic E-state index is 12.9. The quantitative estimate of drug-likeness (QED) is 0.833. The van der Waals surface area contributed by atoms with Crippen LogP contribution in [0.2, 0.25) is 0 Å². The van der Waals surface area contributed by atoms with Gasteiger partial charge in [0.1, 0.15) is 5.75 Å². The number of morpholine rings is 1. The van der Waals surface area contributed by atoms with Gasteiger partial charge in [0.25, 0.3) is 11.8 Å². The van der Waals surface area contributed by atoms with E-state index in [1.165, 1.54) is 0 Å². The van der Waals surface area contributed by atoms with Crippen LogP contribution in [-0.4, -0.2) is 49.1 Å². The summed E-state index contributed by atoms with van der Waals surface area (Å²) < 4.78 is 11.2. The molecule has 1 saturated heterocycles. The summed E-state index contributed by atoms with van der Waals surface area (Å²) in [5.74, 6) is 0.308. The Morgan fingerprint density at radius 1 is 1.11 bits per heavy atom. The number of amides is 2. The van der Waals surface area contributed by atoms with E-state index in [9.17, 15) is 9.59 Å². The van der Waals surface area contributed by atoms with Crippen molar-refractivity contribution >= 4 is 17.5 Å². The molecule has 1 N–H and O–H groups in total. The second-order valence-corrected chi connectivity index (χ2v) is 6.72. The average Bonchev–Trinajstić information content (AvgIpc) is 2.73. The van der Waals surface area contributed by atoms with Gasteiger partial charge >= 0.3 is 0 Å². The van der Waals surface area contributed by atoms with Gasteiger partial charge in [-0.05, 0) is 37.1 Å². The summed E-state index contributed by atoms with van der Waals surface area (Å²) in [5.41, 5.74) is 1.94. The Kier molecular flexibility index (Phi) is 6.66. The fourth-order valence-electron chi connectivity index (χ4n) is 3.09. The van der Waals surface area contributed by atoms with Gasteiger partial charge in [0.05, 0.1) is 24.5 Å². The van der Waals surface area contributed by atoms with E-state index in [4.69, 9.17) is 9.47 Å². The number of nitrogens with zero attached hydrogens (tertiary/aromatic N) is 1. The number of nitrogens with one attached hydrogen (secondary N) is 1. The highest BCUT2D eigenvalue weighted by Crippen LogP contribution is 2.22.